The number of hydrogen-bond acceptors (Lipinski definition) is 4. The summed E-state index contributed by atoms with van der Waals surface area (Å²) in [6.45, 7) is 1.31. The summed E-state index contributed by atoms with van der Waals surface area (Å²) in [5.41, 5.74) is 5.00. The average molecular weight is 228 g/mol. The van der Waals surface area contributed by atoms with Crippen molar-refractivity contribution in [2.24, 2.45) is 11.7 Å². The number of nitrogens with zero attached hydrogens (tertiary/aromatic N) is 1. The lowest BCUT2D eigenvalue weighted by atomic mass is 10.0. The van der Waals surface area contributed by atoms with Gasteiger partial charge < -0.3 is 21.1 Å². The molecule has 88 valence electrons. The van der Waals surface area contributed by atoms with E-state index in [4.69, 9.17) is 10.8 Å². The normalized spacial score (nSPS) is 14.3. The second-order valence-electron chi connectivity index (χ2n) is 3.39. The van der Waals surface area contributed by atoms with Gasteiger partial charge in [0.1, 0.15) is 6.04 Å². The molecule has 0 spiro atoms. The molecular weight excluding hydrogens is 216 g/mol. The number of carbonyl (C=O) groups is 2. The Balaban J connectivity index is 3.23. The van der Waals surface area contributed by atoms with E-state index in [2.05, 4.69) is 0 Å². The van der Waals surface area contributed by atoms with Crippen molar-refractivity contribution in [1.82, 2.24) is 4.57 Å². The van der Waals surface area contributed by atoms with Crippen LogP contribution in [0.5, 0.6) is 11.8 Å². The van der Waals surface area contributed by atoms with Crippen LogP contribution in [0.2, 0.25) is 0 Å². The zero-order valence-corrected chi connectivity index (χ0v) is 8.49. The van der Waals surface area contributed by atoms with Gasteiger partial charge >= 0.3 is 5.97 Å². The quantitative estimate of drug-likeness (QED) is 0.560. The highest BCUT2D eigenvalue weighted by atomic mass is 16.4. The van der Waals surface area contributed by atoms with E-state index < -0.39 is 35.6 Å². The van der Waals surface area contributed by atoms with Gasteiger partial charge in [0.2, 0.25) is 5.91 Å². The van der Waals surface area contributed by atoms with Crippen molar-refractivity contribution in [3.63, 3.8) is 0 Å². The highest BCUT2D eigenvalue weighted by molar-refractivity contribution is 5.84. The molecule has 1 unspecified atom stereocenters. The Morgan fingerprint density at radius 1 is 1.31 bits per heavy atom. The highest BCUT2D eigenvalue weighted by Gasteiger charge is 2.33. The summed E-state index contributed by atoms with van der Waals surface area (Å²) in [6.07, 6.45) is 0. The standard InChI is InChI=1S/C9H12N2O5/c1-4(8(10)14)7(9(15)16)11-5(12)2-3-6(11)13/h2-4,7,12-13H,1H3,(H2,10,14)(H,15,16)/t4?,7-/m0/s1. The van der Waals surface area contributed by atoms with Gasteiger partial charge in [0, 0.05) is 12.1 Å². The molecule has 7 heteroatoms. The first-order chi connectivity index (χ1) is 7.36. The van der Waals surface area contributed by atoms with Crippen molar-refractivity contribution in [2.75, 3.05) is 0 Å². The Bertz CT molecular complexity index is 406. The minimum atomic E-state index is -1.44. The average Bonchev–Trinajstić information content (AvgIpc) is 2.49. The number of nitrogens with two attached hydrogens (primary N) is 1. The molecule has 1 amide bonds. The summed E-state index contributed by atoms with van der Waals surface area (Å²) >= 11 is 0. The molecule has 0 fully saturated rings. The Morgan fingerprint density at radius 2 is 1.75 bits per heavy atom. The molecular formula is C9H12N2O5. The number of aliphatic carboxylic acids is 1. The van der Waals surface area contributed by atoms with Crippen molar-refractivity contribution in [2.45, 2.75) is 13.0 Å². The van der Waals surface area contributed by atoms with Gasteiger partial charge in [0.25, 0.3) is 0 Å². The van der Waals surface area contributed by atoms with Crippen LogP contribution in [0.3, 0.4) is 0 Å². The molecule has 1 heterocycles. The predicted octanol–water partition coefficient (Wildman–Crippen LogP) is -0.354. The first kappa shape index (κ1) is 11.9. The topological polar surface area (TPSA) is 126 Å². The fourth-order valence-electron chi connectivity index (χ4n) is 1.42. The SMILES string of the molecule is CC(C(N)=O)[C@@H](C(=O)O)n1c(O)ccc1O. The smallest absolute Gasteiger partial charge is 0.327 e. The molecule has 1 rings (SSSR count). The zero-order chi connectivity index (χ0) is 12.5. The first-order valence-corrected chi connectivity index (χ1v) is 4.47. The molecule has 16 heavy (non-hydrogen) atoms. The number of amides is 1. The molecule has 0 bridgehead atoms. The Kier molecular flexibility index (Phi) is 3.07. The predicted molar refractivity (Wildman–Crippen MR) is 52.8 cm³/mol. The van der Waals surface area contributed by atoms with E-state index in [1.165, 1.54) is 6.92 Å². The lowest BCUT2D eigenvalue weighted by molar-refractivity contribution is -0.145. The number of aromatic nitrogens is 1. The molecule has 0 radical (unpaired) electrons. The van der Waals surface area contributed by atoms with Crippen LogP contribution in [-0.4, -0.2) is 31.8 Å². The van der Waals surface area contributed by atoms with Gasteiger partial charge in [0.05, 0.1) is 5.92 Å². The van der Waals surface area contributed by atoms with Gasteiger partial charge in [-0.1, -0.05) is 6.92 Å². The molecule has 0 aliphatic rings. The summed E-state index contributed by atoms with van der Waals surface area (Å²) in [5, 5.41) is 27.7. The second kappa shape index (κ2) is 4.13. The van der Waals surface area contributed by atoms with Gasteiger partial charge in [-0.15, -0.1) is 0 Å². The number of carbonyl (C=O) groups excluding carboxylic acids is 1. The van der Waals surface area contributed by atoms with E-state index >= 15 is 0 Å². The minimum Gasteiger partial charge on any atom is -0.494 e. The monoisotopic (exact) mass is 228 g/mol. The molecule has 0 aliphatic carbocycles. The zero-order valence-electron chi connectivity index (χ0n) is 8.49. The van der Waals surface area contributed by atoms with Crippen LogP contribution < -0.4 is 5.73 Å². The van der Waals surface area contributed by atoms with Crippen molar-refractivity contribution in [1.29, 1.82) is 0 Å². The minimum absolute atomic E-state index is 0.446. The van der Waals surface area contributed by atoms with Gasteiger partial charge in [-0.2, -0.15) is 0 Å². The summed E-state index contributed by atoms with van der Waals surface area (Å²) in [4.78, 5) is 21.9. The Hall–Kier alpha value is -2.18. The number of hydrogen-bond donors (Lipinski definition) is 4. The lowest BCUT2D eigenvalue weighted by Crippen LogP contribution is -2.34. The number of rotatable bonds is 4. The van der Waals surface area contributed by atoms with E-state index in [1.807, 2.05) is 0 Å². The Labute approximate surface area is 90.7 Å². The third-order valence-electron chi connectivity index (χ3n) is 2.33. The van der Waals surface area contributed by atoms with Crippen LogP contribution in [-0.2, 0) is 9.59 Å². The third-order valence-corrected chi connectivity index (χ3v) is 2.33. The third kappa shape index (κ3) is 1.92. The van der Waals surface area contributed by atoms with Crippen molar-refractivity contribution in [3.05, 3.63) is 12.1 Å². The van der Waals surface area contributed by atoms with Gasteiger partial charge in [-0.05, 0) is 0 Å². The van der Waals surface area contributed by atoms with Crippen LogP contribution in [0.15, 0.2) is 12.1 Å². The van der Waals surface area contributed by atoms with Crippen LogP contribution in [0.4, 0.5) is 0 Å². The van der Waals surface area contributed by atoms with Gasteiger partial charge in [-0.3, -0.25) is 9.36 Å². The molecule has 1 aromatic rings. The molecule has 7 nitrogen and oxygen atoms in total. The lowest BCUT2D eigenvalue weighted by Gasteiger charge is -2.20. The number of carboxylic acid groups (broad SMARTS) is 1. The molecule has 0 aromatic carbocycles. The van der Waals surface area contributed by atoms with Gasteiger partial charge in [0.15, 0.2) is 11.8 Å². The molecule has 1 aromatic heterocycles. The number of primary amides is 1. The first-order valence-electron chi connectivity index (χ1n) is 4.47. The maximum absolute atomic E-state index is 11.0. The summed E-state index contributed by atoms with van der Waals surface area (Å²) in [6, 6.07) is 0.810. The fourth-order valence-corrected chi connectivity index (χ4v) is 1.42. The van der Waals surface area contributed by atoms with E-state index in [9.17, 15) is 19.8 Å². The summed E-state index contributed by atoms with van der Waals surface area (Å²) in [5.74, 6) is -4.16. The molecule has 5 N–H and O–H groups in total. The van der Waals surface area contributed by atoms with Crippen LogP contribution in [0, 0.1) is 5.92 Å². The van der Waals surface area contributed by atoms with E-state index in [-0.39, 0.29) is 0 Å². The molecule has 0 saturated carbocycles. The van der Waals surface area contributed by atoms with Crippen LogP contribution in [0.1, 0.15) is 13.0 Å². The number of carboxylic acids is 1. The number of aromatic hydroxyl groups is 2. The van der Waals surface area contributed by atoms with Crippen LogP contribution >= 0.6 is 0 Å². The second-order valence-corrected chi connectivity index (χ2v) is 3.39. The van der Waals surface area contributed by atoms with Crippen molar-refractivity contribution >= 4 is 11.9 Å². The fraction of sp³-hybridized carbons (Fsp3) is 0.333. The Morgan fingerprint density at radius 3 is 2.06 bits per heavy atom. The van der Waals surface area contributed by atoms with E-state index in [0.717, 1.165) is 16.7 Å². The molecule has 0 saturated heterocycles. The summed E-state index contributed by atoms with van der Waals surface area (Å²) in [7, 11) is 0. The van der Waals surface area contributed by atoms with Crippen molar-refractivity contribution < 1.29 is 24.9 Å². The van der Waals surface area contributed by atoms with Crippen molar-refractivity contribution in [3.8, 4) is 11.8 Å². The van der Waals surface area contributed by atoms with Gasteiger partial charge in [-0.25, -0.2) is 4.79 Å². The maximum atomic E-state index is 11.0. The maximum Gasteiger partial charge on any atom is 0.327 e. The highest BCUT2D eigenvalue weighted by Crippen LogP contribution is 2.30. The largest absolute Gasteiger partial charge is 0.494 e. The van der Waals surface area contributed by atoms with E-state index in [0.29, 0.717) is 0 Å². The molecule has 0 aliphatic heterocycles. The summed E-state index contributed by atoms with van der Waals surface area (Å²) < 4.78 is 0.734. The molecule has 2 atom stereocenters. The van der Waals surface area contributed by atoms with E-state index in [1.54, 1.807) is 0 Å². The van der Waals surface area contributed by atoms with Crippen LogP contribution in [0.25, 0.3) is 0 Å².